The summed E-state index contributed by atoms with van der Waals surface area (Å²) in [6, 6.07) is 16.7. The van der Waals surface area contributed by atoms with Crippen LogP contribution in [0.4, 0.5) is 5.82 Å². The summed E-state index contributed by atoms with van der Waals surface area (Å²) >= 11 is 0. The van der Waals surface area contributed by atoms with Gasteiger partial charge in [0.25, 0.3) is 0 Å². The van der Waals surface area contributed by atoms with Crippen LogP contribution in [-0.4, -0.2) is 14.5 Å². The van der Waals surface area contributed by atoms with Gasteiger partial charge in [0.1, 0.15) is 5.52 Å². The van der Waals surface area contributed by atoms with E-state index >= 15 is 0 Å². The number of nitrogen functional groups attached to an aromatic ring is 1. The van der Waals surface area contributed by atoms with E-state index in [9.17, 15) is 0 Å². The maximum Gasteiger partial charge on any atom is 0.152 e. The Hall–Kier alpha value is -2.88. The molecule has 2 aromatic carbocycles. The maximum absolute atomic E-state index is 6.17. The van der Waals surface area contributed by atoms with Crippen molar-refractivity contribution in [3.05, 3.63) is 54.9 Å². The molecule has 0 atom stereocenters. The molecule has 0 saturated heterocycles. The molecule has 0 aliphatic rings. The molecule has 0 aliphatic carbocycles. The SMILES string of the molecule is CC(C)Cn1cnc2c(N)nc3cc(-c4ccccc4)ccc3c21. The van der Waals surface area contributed by atoms with Crippen molar-refractivity contribution in [1.82, 2.24) is 14.5 Å². The standard InChI is InChI=1S/C20H20N4/c1-13(2)11-24-12-22-18-19(24)16-9-8-15(10-17(16)23-20(18)21)14-6-4-3-5-7-14/h3-10,12-13H,11H2,1-2H3,(H2,21,23). The predicted molar refractivity (Wildman–Crippen MR) is 99.7 cm³/mol. The normalized spacial score (nSPS) is 11.6. The first-order valence-electron chi connectivity index (χ1n) is 8.23. The Morgan fingerprint density at radius 3 is 2.58 bits per heavy atom. The number of rotatable bonds is 3. The summed E-state index contributed by atoms with van der Waals surface area (Å²) < 4.78 is 2.18. The van der Waals surface area contributed by atoms with E-state index in [1.165, 1.54) is 5.56 Å². The van der Waals surface area contributed by atoms with Crippen LogP contribution >= 0.6 is 0 Å². The Bertz CT molecular complexity index is 1020. The van der Waals surface area contributed by atoms with Crippen molar-refractivity contribution in [3.63, 3.8) is 0 Å². The number of aromatic nitrogens is 3. The molecular formula is C20H20N4. The molecule has 2 N–H and O–H groups in total. The zero-order valence-corrected chi connectivity index (χ0v) is 13.9. The molecule has 120 valence electrons. The van der Waals surface area contributed by atoms with E-state index in [4.69, 9.17) is 5.73 Å². The number of nitrogens with zero attached hydrogens (tertiary/aromatic N) is 3. The second-order valence-electron chi connectivity index (χ2n) is 6.58. The highest BCUT2D eigenvalue weighted by atomic mass is 15.1. The lowest BCUT2D eigenvalue weighted by Gasteiger charge is -2.11. The molecule has 0 unspecified atom stereocenters. The predicted octanol–water partition coefficient (Wildman–Crippen LogP) is 4.49. The second kappa shape index (κ2) is 5.64. The van der Waals surface area contributed by atoms with E-state index < -0.39 is 0 Å². The molecule has 2 heterocycles. The minimum atomic E-state index is 0.491. The Kier molecular flexibility index (Phi) is 3.45. The zero-order valence-electron chi connectivity index (χ0n) is 13.9. The average molecular weight is 316 g/mol. The van der Waals surface area contributed by atoms with Crippen LogP contribution in [0.15, 0.2) is 54.9 Å². The number of pyridine rings is 1. The number of anilines is 1. The largest absolute Gasteiger partial charge is 0.382 e. The van der Waals surface area contributed by atoms with Crippen LogP contribution in [0.25, 0.3) is 33.1 Å². The van der Waals surface area contributed by atoms with Gasteiger partial charge in [-0.25, -0.2) is 9.97 Å². The molecule has 0 aliphatic heterocycles. The molecule has 24 heavy (non-hydrogen) atoms. The third-order valence-corrected chi connectivity index (χ3v) is 4.24. The van der Waals surface area contributed by atoms with Crippen LogP contribution in [0.3, 0.4) is 0 Å². The van der Waals surface area contributed by atoms with Gasteiger partial charge in [-0.2, -0.15) is 0 Å². The molecule has 0 saturated carbocycles. The molecule has 0 amide bonds. The van der Waals surface area contributed by atoms with Gasteiger partial charge in [0.2, 0.25) is 0 Å². The van der Waals surface area contributed by atoms with E-state index in [2.05, 4.69) is 58.7 Å². The van der Waals surface area contributed by atoms with E-state index in [1.807, 2.05) is 24.5 Å². The lowest BCUT2D eigenvalue weighted by atomic mass is 10.0. The van der Waals surface area contributed by atoms with Crippen molar-refractivity contribution < 1.29 is 0 Å². The fourth-order valence-electron chi connectivity index (χ4n) is 3.20. The van der Waals surface area contributed by atoms with Crippen LogP contribution in [0.2, 0.25) is 0 Å². The third-order valence-electron chi connectivity index (χ3n) is 4.24. The van der Waals surface area contributed by atoms with Gasteiger partial charge in [-0.3, -0.25) is 0 Å². The molecule has 4 nitrogen and oxygen atoms in total. The molecule has 0 fully saturated rings. The highest BCUT2D eigenvalue weighted by Crippen LogP contribution is 2.30. The van der Waals surface area contributed by atoms with E-state index in [0.29, 0.717) is 11.7 Å². The first-order chi connectivity index (χ1) is 11.6. The number of hydrogen-bond acceptors (Lipinski definition) is 3. The van der Waals surface area contributed by atoms with Crippen LogP contribution < -0.4 is 5.73 Å². The molecule has 0 radical (unpaired) electrons. The highest BCUT2D eigenvalue weighted by molar-refractivity contribution is 6.07. The quantitative estimate of drug-likeness (QED) is 0.606. The van der Waals surface area contributed by atoms with Gasteiger partial charge in [-0.15, -0.1) is 0 Å². The first-order valence-corrected chi connectivity index (χ1v) is 8.23. The van der Waals surface area contributed by atoms with Gasteiger partial charge in [-0.1, -0.05) is 56.3 Å². The summed E-state index contributed by atoms with van der Waals surface area (Å²) in [5.41, 5.74) is 11.3. The number of imidazole rings is 1. The lowest BCUT2D eigenvalue weighted by Crippen LogP contribution is -2.03. The Morgan fingerprint density at radius 2 is 1.83 bits per heavy atom. The van der Waals surface area contributed by atoms with Crippen LogP contribution in [0.5, 0.6) is 0 Å². The summed E-state index contributed by atoms with van der Waals surface area (Å²) in [7, 11) is 0. The molecular weight excluding hydrogens is 296 g/mol. The molecule has 4 rings (SSSR count). The Morgan fingerprint density at radius 1 is 1.04 bits per heavy atom. The van der Waals surface area contributed by atoms with Gasteiger partial charge < -0.3 is 10.3 Å². The number of nitrogens with two attached hydrogens (primary N) is 1. The van der Waals surface area contributed by atoms with Crippen molar-refractivity contribution in [2.45, 2.75) is 20.4 Å². The smallest absolute Gasteiger partial charge is 0.152 e. The number of fused-ring (bicyclic) bond motifs is 3. The van der Waals surface area contributed by atoms with Gasteiger partial charge in [-0.05, 0) is 23.1 Å². The van der Waals surface area contributed by atoms with Crippen molar-refractivity contribution in [3.8, 4) is 11.1 Å². The molecule has 2 aromatic heterocycles. The van der Waals surface area contributed by atoms with Gasteiger partial charge in [0.15, 0.2) is 5.82 Å². The summed E-state index contributed by atoms with van der Waals surface area (Å²) in [5.74, 6) is 1.03. The molecule has 0 bridgehead atoms. The van der Waals surface area contributed by atoms with Crippen molar-refractivity contribution >= 4 is 27.8 Å². The Labute approximate surface area is 141 Å². The van der Waals surface area contributed by atoms with Crippen LogP contribution in [0, 0.1) is 5.92 Å². The summed E-state index contributed by atoms with van der Waals surface area (Å²) in [4.78, 5) is 9.06. The Balaban J connectivity index is 1.97. The lowest BCUT2D eigenvalue weighted by molar-refractivity contribution is 0.533. The van der Waals surface area contributed by atoms with Gasteiger partial charge >= 0.3 is 0 Å². The van der Waals surface area contributed by atoms with E-state index in [1.54, 1.807) is 0 Å². The van der Waals surface area contributed by atoms with Crippen LogP contribution in [0.1, 0.15) is 13.8 Å². The fourth-order valence-corrected chi connectivity index (χ4v) is 3.20. The maximum atomic E-state index is 6.17. The average Bonchev–Trinajstić information content (AvgIpc) is 2.99. The van der Waals surface area contributed by atoms with Crippen molar-refractivity contribution in [1.29, 1.82) is 0 Å². The summed E-state index contributed by atoms with van der Waals surface area (Å²) in [6.07, 6.45) is 1.87. The number of hydrogen-bond donors (Lipinski definition) is 1. The third kappa shape index (κ3) is 2.40. The zero-order chi connectivity index (χ0) is 16.7. The molecule has 0 spiro atoms. The van der Waals surface area contributed by atoms with Gasteiger partial charge in [0.05, 0.1) is 17.4 Å². The highest BCUT2D eigenvalue weighted by Gasteiger charge is 2.13. The summed E-state index contributed by atoms with van der Waals surface area (Å²) in [5, 5.41) is 1.09. The van der Waals surface area contributed by atoms with E-state index in [-0.39, 0.29) is 0 Å². The van der Waals surface area contributed by atoms with Crippen molar-refractivity contribution in [2.75, 3.05) is 5.73 Å². The minimum absolute atomic E-state index is 0.491. The number of benzene rings is 2. The summed E-state index contributed by atoms with van der Waals surface area (Å²) in [6.45, 7) is 5.31. The topological polar surface area (TPSA) is 56.7 Å². The van der Waals surface area contributed by atoms with Crippen LogP contribution in [-0.2, 0) is 6.54 Å². The minimum Gasteiger partial charge on any atom is -0.382 e. The van der Waals surface area contributed by atoms with E-state index in [0.717, 1.165) is 34.0 Å². The van der Waals surface area contributed by atoms with Gasteiger partial charge in [0, 0.05) is 11.9 Å². The fraction of sp³-hybridized carbons (Fsp3) is 0.200. The molecule has 4 heteroatoms. The van der Waals surface area contributed by atoms with Crippen molar-refractivity contribution in [2.24, 2.45) is 5.92 Å². The first kappa shape index (κ1) is 14.7. The second-order valence-corrected chi connectivity index (χ2v) is 6.58. The monoisotopic (exact) mass is 316 g/mol. The molecule has 4 aromatic rings.